The highest BCUT2D eigenvalue weighted by atomic mass is 16.6. The van der Waals surface area contributed by atoms with Crippen molar-refractivity contribution in [1.82, 2.24) is 25.8 Å². The number of allylic oxidation sites excluding steroid dienone is 2. The number of hydrogen-bond acceptors (Lipinski definition) is 10. The molecule has 1 heterocycles. The summed E-state index contributed by atoms with van der Waals surface area (Å²) in [7, 11) is 2.81. The first kappa shape index (κ1) is 51.6. The maximum atomic E-state index is 14.2. The fourth-order valence-electron chi connectivity index (χ4n) is 6.63. The number of carbonyl (C=O) groups is 7. The molecule has 1 aliphatic rings. The van der Waals surface area contributed by atoms with Crippen molar-refractivity contribution in [2.45, 2.75) is 138 Å². The van der Waals surface area contributed by atoms with Crippen LogP contribution in [0.25, 0.3) is 0 Å². The third kappa shape index (κ3) is 15.2. The van der Waals surface area contributed by atoms with Gasteiger partial charge in [-0.3, -0.25) is 24.0 Å². The predicted octanol–water partition coefficient (Wildman–Crippen LogP) is 4.34. The predicted molar refractivity (Wildman–Crippen MR) is 231 cm³/mol. The van der Waals surface area contributed by atoms with Gasteiger partial charge >= 0.3 is 11.9 Å². The normalized spacial score (nSPS) is 26.5. The number of hydrogen-bond donors (Lipinski definition) is 3. The van der Waals surface area contributed by atoms with Crippen molar-refractivity contribution in [3.05, 3.63) is 65.1 Å². The summed E-state index contributed by atoms with van der Waals surface area (Å²) in [6.45, 7) is 18.4. The molecule has 1 aromatic carbocycles. The summed E-state index contributed by atoms with van der Waals surface area (Å²) in [6.07, 6.45) is 4.35. The monoisotopic (exact) mass is 847 g/mol. The van der Waals surface area contributed by atoms with Crippen LogP contribution in [0.5, 0.6) is 0 Å². The Balaban J connectivity index is 2.65. The highest BCUT2D eigenvalue weighted by Gasteiger charge is 2.39. The molecule has 1 aromatic rings. The highest BCUT2D eigenvalue weighted by molar-refractivity contribution is 5.96. The van der Waals surface area contributed by atoms with Crippen LogP contribution < -0.4 is 16.0 Å². The minimum Gasteiger partial charge on any atom is -0.456 e. The Hall–Kier alpha value is -5.52. The number of carbonyl (C=O) groups excluding carboxylic acids is 7. The minimum atomic E-state index is -1.52. The molecule has 2 rings (SSSR count). The van der Waals surface area contributed by atoms with Crippen LogP contribution in [-0.2, 0) is 49.5 Å². The van der Waals surface area contributed by atoms with E-state index in [2.05, 4.69) is 16.0 Å². The number of nitriles is 1. The molecule has 15 heteroatoms. The Labute approximate surface area is 362 Å². The number of likely N-dealkylation sites (N-methyl/N-ethyl adjacent to an activating group) is 2. The molecule has 0 saturated carbocycles. The van der Waals surface area contributed by atoms with Crippen molar-refractivity contribution in [2.75, 3.05) is 20.6 Å². The maximum absolute atomic E-state index is 14.2. The molecule has 0 unspecified atom stereocenters. The number of cyclic esters (lactones) is 2. The molecule has 15 nitrogen and oxygen atoms in total. The van der Waals surface area contributed by atoms with Crippen molar-refractivity contribution < 1.29 is 43.0 Å². The Morgan fingerprint density at radius 2 is 1.59 bits per heavy atom. The molecule has 0 aliphatic carbocycles. The number of nitrogens with zero attached hydrogens (tertiary/aromatic N) is 3. The van der Waals surface area contributed by atoms with E-state index in [1.807, 2.05) is 60.1 Å². The number of esters is 2. The lowest BCUT2D eigenvalue weighted by Crippen LogP contribution is -2.60. The van der Waals surface area contributed by atoms with Crippen molar-refractivity contribution in [3.63, 3.8) is 0 Å². The topological polar surface area (TPSA) is 204 Å². The lowest BCUT2D eigenvalue weighted by molar-refractivity contribution is -0.157. The van der Waals surface area contributed by atoms with E-state index in [1.165, 1.54) is 39.8 Å². The summed E-state index contributed by atoms with van der Waals surface area (Å²) < 4.78 is 11.7. The number of nitrogens with one attached hydrogen (secondary N) is 3. The second-order valence-electron chi connectivity index (χ2n) is 17.0. The van der Waals surface area contributed by atoms with Gasteiger partial charge in [-0.15, -0.1) is 0 Å². The molecule has 7 atom stereocenters. The largest absolute Gasteiger partial charge is 0.456 e. The van der Waals surface area contributed by atoms with Crippen LogP contribution in [-0.4, -0.2) is 108 Å². The SMILES string of the molecule is C/C=C(\C)[C@H]1OC(=O)C(C)(C)NC(=O)[C@H]([C@H](C)CC)NC(=O)CN(C)C(=O)[C@@H](Cc2ccc(C#N)cc2)N(C)C(=O)[C@H](C)NC(=O)[C@@H](CC(C)C)OC(=O)/C(C)=C/C[CH][C@@H]1C. The molecule has 0 bridgehead atoms. The van der Waals surface area contributed by atoms with E-state index in [0.717, 1.165) is 10.5 Å². The van der Waals surface area contributed by atoms with Crippen molar-refractivity contribution in [3.8, 4) is 6.07 Å². The quantitative estimate of drug-likeness (QED) is 0.262. The second kappa shape index (κ2) is 23.5. The zero-order valence-corrected chi connectivity index (χ0v) is 38.2. The molecule has 0 aromatic heterocycles. The second-order valence-corrected chi connectivity index (χ2v) is 17.0. The molecule has 0 spiro atoms. The molecule has 1 radical (unpaired) electrons. The van der Waals surface area contributed by atoms with Crippen LogP contribution in [0.4, 0.5) is 0 Å². The highest BCUT2D eigenvalue weighted by Crippen LogP contribution is 2.24. The van der Waals surface area contributed by atoms with E-state index in [0.29, 0.717) is 24.0 Å². The van der Waals surface area contributed by atoms with Crippen LogP contribution in [0.1, 0.15) is 107 Å². The third-order valence-corrected chi connectivity index (χ3v) is 11.0. The van der Waals surface area contributed by atoms with Crippen LogP contribution in [0, 0.1) is 35.5 Å². The van der Waals surface area contributed by atoms with Crippen molar-refractivity contribution >= 4 is 41.5 Å². The third-order valence-electron chi connectivity index (χ3n) is 11.0. The Morgan fingerprint density at radius 1 is 0.967 bits per heavy atom. The summed E-state index contributed by atoms with van der Waals surface area (Å²) in [5, 5.41) is 17.5. The zero-order chi connectivity index (χ0) is 46.4. The standard InChI is InChI=1S/C46H67N6O9/c1-14-28(5)38-41(55)50-46(10,11)45(59)61-39(29(6)15-2)30(7)17-16-18-31(8)44(58)60-36(23-27(3)4)40(54)48-32(9)42(56)52(13)35(43(57)51(12)26-37(53)49-38)24-33-19-21-34(25-47)22-20-33/h15,17-22,27-28,30,32,35-36,38-39H,14,16,23-24,26H2,1-13H3,(H,48,54)(H,49,53)(H,50,55)/b29-15+,31-18+/t28-,30+,32+,35-,36-,38+,39-/m1/s1. The van der Waals surface area contributed by atoms with Crippen LogP contribution in [0.3, 0.4) is 0 Å². The van der Waals surface area contributed by atoms with E-state index in [9.17, 15) is 38.8 Å². The van der Waals surface area contributed by atoms with Gasteiger partial charge in [0.1, 0.15) is 29.8 Å². The lowest BCUT2D eigenvalue weighted by atomic mass is 9.92. The van der Waals surface area contributed by atoms with Crippen LogP contribution >= 0.6 is 0 Å². The van der Waals surface area contributed by atoms with Gasteiger partial charge in [-0.25, -0.2) is 9.59 Å². The van der Waals surface area contributed by atoms with E-state index < -0.39 is 83.9 Å². The molecule has 1 aliphatic heterocycles. The average Bonchev–Trinajstić information content (AvgIpc) is 3.21. The van der Waals surface area contributed by atoms with Crippen LogP contribution in [0.2, 0.25) is 0 Å². The molecule has 61 heavy (non-hydrogen) atoms. The number of benzene rings is 1. The van der Waals surface area contributed by atoms with Gasteiger partial charge in [-0.1, -0.05) is 65.3 Å². The average molecular weight is 848 g/mol. The zero-order valence-electron chi connectivity index (χ0n) is 38.2. The van der Waals surface area contributed by atoms with Crippen LogP contribution in [0.15, 0.2) is 47.6 Å². The van der Waals surface area contributed by atoms with Gasteiger partial charge in [0.2, 0.25) is 23.6 Å². The number of ether oxygens (including phenoxy) is 2. The van der Waals surface area contributed by atoms with E-state index in [1.54, 1.807) is 44.2 Å². The van der Waals surface area contributed by atoms with Crippen molar-refractivity contribution in [2.24, 2.45) is 17.8 Å². The molecule has 3 N–H and O–H groups in total. The smallest absolute Gasteiger partial charge is 0.334 e. The Kier molecular flexibility index (Phi) is 19.9. The van der Waals surface area contributed by atoms with Gasteiger partial charge < -0.3 is 35.2 Å². The van der Waals surface area contributed by atoms with Gasteiger partial charge in [0, 0.05) is 32.0 Å². The summed E-state index contributed by atoms with van der Waals surface area (Å²) in [5.74, 6) is -5.43. The summed E-state index contributed by atoms with van der Waals surface area (Å²) in [4.78, 5) is 98.8. The van der Waals surface area contributed by atoms with E-state index >= 15 is 0 Å². The number of amides is 5. The molecule has 5 amide bonds. The Bertz CT molecular complexity index is 1850. The summed E-state index contributed by atoms with van der Waals surface area (Å²) >= 11 is 0. The fourth-order valence-corrected chi connectivity index (χ4v) is 6.63. The molecular formula is C46H67N6O9. The Morgan fingerprint density at radius 3 is 2.15 bits per heavy atom. The maximum Gasteiger partial charge on any atom is 0.334 e. The molecule has 0 fully saturated rings. The van der Waals surface area contributed by atoms with Gasteiger partial charge in [0.15, 0.2) is 6.10 Å². The van der Waals surface area contributed by atoms with Gasteiger partial charge in [-0.05, 0) is 95.9 Å². The van der Waals surface area contributed by atoms with Gasteiger partial charge in [0.25, 0.3) is 5.91 Å². The molecule has 0 saturated heterocycles. The first-order chi connectivity index (χ1) is 28.5. The summed E-state index contributed by atoms with van der Waals surface area (Å²) in [6, 6.07) is 5.10. The van der Waals surface area contributed by atoms with Gasteiger partial charge in [-0.2, -0.15) is 5.26 Å². The van der Waals surface area contributed by atoms with Gasteiger partial charge in [0.05, 0.1) is 18.2 Å². The minimum absolute atomic E-state index is 0.00762. The van der Waals surface area contributed by atoms with E-state index in [-0.39, 0.29) is 36.2 Å². The first-order valence-electron chi connectivity index (χ1n) is 20.9. The van der Waals surface area contributed by atoms with Crippen molar-refractivity contribution in [1.29, 1.82) is 5.26 Å². The number of rotatable bonds is 7. The first-order valence-corrected chi connectivity index (χ1v) is 20.9. The summed E-state index contributed by atoms with van der Waals surface area (Å²) in [5.41, 5.74) is 0.492. The lowest BCUT2D eigenvalue weighted by Gasteiger charge is -2.34. The fraction of sp³-hybridized carbons (Fsp3) is 0.587. The molecule has 335 valence electrons. The molecular weight excluding hydrogens is 781 g/mol. The van der Waals surface area contributed by atoms with E-state index in [4.69, 9.17) is 9.47 Å².